The first kappa shape index (κ1) is 8.84. The lowest BCUT2D eigenvalue weighted by molar-refractivity contribution is 0.942. The molecule has 78 valence electrons. The maximum absolute atomic E-state index is 4.24. The van der Waals surface area contributed by atoms with Crippen molar-refractivity contribution in [3.05, 3.63) is 42.9 Å². The van der Waals surface area contributed by atoms with E-state index in [4.69, 9.17) is 0 Å². The molecule has 0 saturated carbocycles. The Labute approximate surface area is 91.6 Å². The highest BCUT2D eigenvalue weighted by atomic mass is 15.3. The molecule has 3 rings (SSSR count). The summed E-state index contributed by atoms with van der Waals surface area (Å²) in [4.78, 5) is 7.33. The van der Waals surface area contributed by atoms with Crippen LogP contribution in [0.4, 0.5) is 0 Å². The van der Waals surface area contributed by atoms with Gasteiger partial charge in [-0.05, 0) is 0 Å². The highest BCUT2D eigenvalue weighted by Crippen LogP contribution is 2.27. The summed E-state index contributed by atoms with van der Waals surface area (Å²) in [6, 6.07) is 7.94. The third-order valence-corrected chi connectivity index (χ3v) is 2.37. The normalized spacial score (nSPS) is 10.5. The van der Waals surface area contributed by atoms with Crippen molar-refractivity contribution in [3.8, 4) is 22.6 Å². The van der Waals surface area contributed by atoms with Crippen molar-refractivity contribution >= 4 is 0 Å². The van der Waals surface area contributed by atoms with E-state index in [2.05, 4.69) is 25.4 Å². The molecule has 0 atom stereocenters. The van der Waals surface area contributed by atoms with Crippen molar-refractivity contribution in [3.63, 3.8) is 0 Å². The van der Waals surface area contributed by atoms with E-state index in [1.165, 1.54) is 0 Å². The summed E-state index contributed by atoms with van der Waals surface area (Å²) in [5.74, 6) is 0.832. The molecule has 0 saturated heterocycles. The lowest BCUT2D eigenvalue weighted by Crippen LogP contribution is -1.86. The Kier molecular flexibility index (Phi) is 2.00. The fourth-order valence-electron chi connectivity index (χ4n) is 1.66. The number of rotatable bonds is 2. The fraction of sp³-hybridized carbons (Fsp3) is 0. The standard InChI is InChI=1S/C11H9N5/c1-2-4-9(11-12-5-6-13-11)8(3-1)10-7-14-16-15-10/h1-7H,(H,12,13)(H,14,15,16). The molecule has 0 aliphatic heterocycles. The number of aromatic amines is 2. The van der Waals surface area contributed by atoms with Crippen molar-refractivity contribution in [1.82, 2.24) is 25.4 Å². The second kappa shape index (κ2) is 3.62. The summed E-state index contributed by atoms with van der Waals surface area (Å²) < 4.78 is 0. The largest absolute Gasteiger partial charge is 0.345 e. The predicted octanol–water partition coefficient (Wildman–Crippen LogP) is 1.86. The molecule has 0 radical (unpaired) electrons. The molecule has 0 amide bonds. The number of hydrogen-bond acceptors (Lipinski definition) is 3. The first-order valence-corrected chi connectivity index (χ1v) is 4.90. The van der Waals surface area contributed by atoms with Gasteiger partial charge in [-0.15, -0.1) is 0 Å². The van der Waals surface area contributed by atoms with Crippen LogP contribution in [0.5, 0.6) is 0 Å². The van der Waals surface area contributed by atoms with E-state index in [0.717, 1.165) is 22.6 Å². The van der Waals surface area contributed by atoms with Crippen molar-refractivity contribution in [1.29, 1.82) is 0 Å². The molecule has 1 aromatic carbocycles. The molecule has 0 unspecified atom stereocenters. The van der Waals surface area contributed by atoms with Gasteiger partial charge in [-0.25, -0.2) is 4.98 Å². The molecule has 2 aromatic heterocycles. The highest BCUT2D eigenvalue weighted by molar-refractivity contribution is 5.77. The van der Waals surface area contributed by atoms with Crippen LogP contribution in [0, 0.1) is 0 Å². The predicted molar refractivity (Wildman–Crippen MR) is 59.4 cm³/mol. The smallest absolute Gasteiger partial charge is 0.137 e. The van der Waals surface area contributed by atoms with E-state index in [-0.39, 0.29) is 0 Å². The average Bonchev–Trinajstić information content (AvgIpc) is 3.03. The second-order valence-electron chi connectivity index (χ2n) is 3.34. The first-order valence-electron chi connectivity index (χ1n) is 4.90. The molecule has 2 N–H and O–H groups in total. The molecule has 0 aliphatic carbocycles. The van der Waals surface area contributed by atoms with Crippen LogP contribution in [0.25, 0.3) is 22.6 Å². The van der Waals surface area contributed by atoms with E-state index in [1.807, 2.05) is 24.3 Å². The van der Waals surface area contributed by atoms with E-state index in [9.17, 15) is 0 Å². The number of nitrogens with one attached hydrogen (secondary N) is 2. The fourth-order valence-corrected chi connectivity index (χ4v) is 1.66. The van der Waals surface area contributed by atoms with Crippen molar-refractivity contribution in [2.45, 2.75) is 0 Å². The van der Waals surface area contributed by atoms with Gasteiger partial charge in [0.25, 0.3) is 0 Å². The topological polar surface area (TPSA) is 70.2 Å². The van der Waals surface area contributed by atoms with Gasteiger partial charge in [0, 0.05) is 23.5 Å². The maximum atomic E-state index is 4.24. The SMILES string of the molecule is c1ccc(-c2ncc[nH]2)c(-c2cn[nH]n2)c1. The van der Waals surface area contributed by atoms with Crippen LogP contribution in [0.3, 0.4) is 0 Å². The van der Waals surface area contributed by atoms with Gasteiger partial charge in [0.1, 0.15) is 11.5 Å². The van der Waals surface area contributed by atoms with Crippen LogP contribution < -0.4 is 0 Å². The Morgan fingerprint density at radius 1 is 1.06 bits per heavy atom. The lowest BCUT2D eigenvalue weighted by atomic mass is 10.0. The van der Waals surface area contributed by atoms with Gasteiger partial charge in [-0.2, -0.15) is 15.4 Å². The quantitative estimate of drug-likeness (QED) is 0.679. The Hall–Kier alpha value is -2.43. The third-order valence-electron chi connectivity index (χ3n) is 2.37. The second-order valence-corrected chi connectivity index (χ2v) is 3.34. The van der Waals surface area contributed by atoms with Crippen LogP contribution in [-0.2, 0) is 0 Å². The number of aromatic nitrogens is 5. The molecular formula is C11H9N5. The minimum atomic E-state index is 0.812. The van der Waals surface area contributed by atoms with Crippen LogP contribution in [0.2, 0.25) is 0 Å². The molecule has 5 heteroatoms. The van der Waals surface area contributed by atoms with Crippen LogP contribution in [0.15, 0.2) is 42.9 Å². The molecule has 3 aromatic rings. The van der Waals surface area contributed by atoms with Gasteiger partial charge in [0.2, 0.25) is 0 Å². The number of H-pyrrole nitrogens is 2. The molecule has 0 spiro atoms. The summed E-state index contributed by atoms with van der Waals surface area (Å²) in [7, 11) is 0. The van der Waals surface area contributed by atoms with Crippen LogP contribution >= 0.6 is 0 Å². The molecular weight excluding hydrogens is 202 g/mol. The lowest BCUT2D eigenvalue weighted by Gasteiger charge is -2.03. The molecule has 2 heterocycles. The summed E-state index contributed by atoms with van der Waals surface area (Å²) in [5, 5.41) is 10.5. The molecule has 5 nitrogen and oxygen atoms in total. The Morgan fingerprint density at radius 2 is 1.94 bits per heavy atom. The van der Waals surface area contributed by atoms with Crippen LogP contribution in [-0.4, -0.2) is 25.4 Å². The van der Waals surface area contributed by atoms with E-state index >= 15 is 0 Å². The van der Waals surface area contributed by atoms with Gasteiger partial charge >= 0.3 is 0 Å². The van der Waals surface area contributed by atoms with Crippen molar-refractivity contribution < 1.29 is 0 Å². The number of nitrogens with zero attached hydrogens (tertiary/aromatic N) is 3. The molecule has 16 heavy (non-hydrogen) atoms. The zero-order chi connectivity index (χ0) is 10.8. The van der Waals surface area contributed by atoms with Crippen molar-refractivity contribution in [2.24, 2.45) is 0 Å². The Morgan fingerprint density at radius 3 is 2.62 bits per heavy atom. The van der Waals surface area contributed by atoms with Gasteiger partial charge in [-0.3, -0.25) is 0 Å². The van der Waals surface area contributed by atoms with Gasteiger partial charge in [-0.1, -0.05) is 24.3 Å². The summed E-state index contributed by atoms with van der Waals surface area (Å²) >= 11 is 0. The van der Waals surface area contributed by atoms with Crippen LogP contribution in [0.1, 0.15) is 0 Å². The first-order chi connectivity index (χ1) is 7.95. The minimum absolute atomic E-state index is 0.812. The maximum Gasteiger partial charge on any atom is 0.137 e. The van der Waals surface area contributed by atoms with Gasteiger partial charge < -0.3 is 4.98 Å². The van der Waals surface area contributed by atoms with E-state index in [0.29, 0.717) is 0 Å². The van der Waals surface area contributed by atoms with Crippen molar-refractivity contribution in [2.75, 3.05) is 0 Å². The van der Waals surface area contributed by atoms with E-state index < -0.39 is 0 Å². The summed E-state index contributed by atoms with van der Waals surface area (Å²) in [6.07, 6.45) is 5.23. The summed E-state index contributed by atoms with van der Waals surface area (Å²) in [6.45, 7) is 0. The molecule has 0 bridgehead atoms. The Bertz CT molecular complexity index is 515. The minimum Gasteiger partial charge on any atom is -0.345 e. The number of benzene rings is 1. The number of imidazole rings is 1. The zero-order valence-corrected chi connectivity index (χ0v) is 8.38. The number of hydrogen-bond donors (Lipinski definition) is 2. The monoisotopic (exact) mass is 211 g/mol. The highest BCUT2D eigenvalue weighted by Gasteiger charge is 2.09. The third kappa shape index (κ3) is 1.38. The average molecular weight is 211 g/mol. The molecule has 0 aliphatic rings. The Balaban J connectivity index is 2.19. The molecule has 0 fully saturated rings. The zero-order valence-electron chi connectivity index (χ0n) is 8.38. The van der Waals surface area contributed by atoms with E-state index in [1.54, 1.807) is 18.6 Å². The van der Waals surface area contributed by atoms with Gasteiger partial charge in [0.05, 0.1) is 6.20 Å². The summed E-state index contributed by atoms with van der Waals surface area (Å²) in [5.41, 5.74) is 2.83. The van der Waals surface area contributed by atoms with Gasteiger partial charge in [0.15, 0.2) is 0 Å².